The summed E-state index contributed by atoms with van der Waals surface area (Å²) >= 11 is 0. The molecule has 2 aromatic rings. The molecule has 8 nitrogen and oxygen atoms in total. The van der Waals surface area contributed by atoms with E-state index in [4.69, 9.17) is 9.84 Å². The Kier molecular flexibility index (Phi) is 5.57. The Morgan fingerprint density at radius 3 is 3.00 bits per heavy atom. The quantitative estimate of drug-likeness (QED) is 0.602. The first-order valence-electron chi connectivity index (χ1n) is 8.88. The molecule has 0 radical (unpaired) electrons. The highest BCUT2D eigenvalue weighted by molar-refractivity contribution is 6.05. The summed E-state index contributed by atoms with van der Waals surface area (Å²) in [6, 6.07) is 5.17. The minimum Gasteiger partial charge on any atom is -0.497 e. The lowest BCUT2D eigenvalue weighted by Gasteiger charge is -2.26. The number of aliphatic hydroxyl groups is 2. The van der Waals surface area contributed by atoms with E-state index >= 15 is 0 Å². The van der Waals surface area contributed by atoms with Crippen molar-refractivity contribution >= 4 is 11.6 Å². The van der Waals surface area contributed by atoms with Gasteiger partial charge in [-0.15, -0.1) is 5.10 Å². The highest BCUT2D eigenvalue weighted by Gasteiger charge is 2.48. The van der Waals surface area contributed by atoms with Crippen LogP contribution in [0.3, 0.4) is 0 Å². The maximum Gasteiger partial charge on any atom is 0.261 e. The first-order valence-corrected chi connectivity index (χ1v) is 8.88. The molecule has 0 saturated heterocycles. The number of allylic oxidation sites excluding steroid dienone is 1. The first kappa shape index (κ1) is 19.1. The first-order chi connectivity index (χ1) is 13.0. The third-order valence-electron chi connectivity index (χ3n) is 4.79. The zero-order valence-corrected chi connectivity index (χ0v) is 15.4. The number of anilines is 1. The normalized spacial score (nSPS) is 19.9. The zero-order chi connectivity index (χ0) is 19.4. The molecule has 0 fully saturated rings. The van der Waals surface area contributed by atoms with Gasteiger partial charge in [0.05, 0.1) is 12.8 Å². The van der Waals surface area contributed by atoms with Gasteiger partial charge in [0.2, 0.25) is 0 Å². The van der Waals surface area contributed by atoms with E-state index < -0.39 is 17.4 Å². The van der Waals surface area contributed by atoms with Crippen LogP contribution in [0.15, 0.2) is 36.5 Å². The average molecular weight is 372 g/mol. The molecule has 1 aliphatic rings. The molecule has 0 unspecified atom stereocenters. The second kappa shape index (κ2) is 7.89. The number of ether oxygens (including phenoxy) is 1. The molecule has 3 rings (SSSR count). The van der Waals surface area contributed by atoms with Crippen LogP contribution in [0.25, 0.3) is 0 Å². The highest BCUT2D eigenvalue weighted by Crippen LogP contribution is 2.43. The van der Waals surface area contributed by atoms with E-state index in [1.54, 1.807) is 43.1 Å². The van der Waals surface area contributed by atoms with Crippen LogP contribution in [-0.4, -0.2) is 44.8 Å². The number of aryl methyl sites for hydroxylation is 1. The number of aromatic nitrogens is 3. The van der Waals surface area contributed by atoms with E-state index in [0.717, 1.165) is 5.69 Å². The van der Waals surface area contributed by atoms with Crippen molar-refractivity contribution < 1.29 is 19.7 Å². The van der Waals surface area contributed by atoms with E-state index in [1.165, 1.54) is 0 Å². The monoisotopic (exact) mass is 372 g/mol. The molecule has 1 aliphatic heterocycles. The molecule has 144 valence electrons. The van der Waals surface area contributed by atoms with Gasteiger partial charge in [-0.2, -0.15) is 0 Å². The van der Waals surface area contributed by atoms with Crippen molar-refractivity contribution in [3.63, 3.8) is 0 Å². The fraction of sp³-hybridized carbons (Fsp3) is 0.421. The summed E-state index contributed by atoms with van der Waals surface area (Å²) in [6.45, 7) is 2.47. The van der Waals surface area contributed by atoms with Crippen molar-refractivity contribution in [3.8, 4) is 5.75 Å². The van der Waals surface area contributed by atoms with Crippen LogP contribution >= 0.6 is 0 Å². The standard InChI is InChI=1S/C19H24N4O4/c1-13(5-3-4-9-23-12-14(8-10-24)21-22-23)19(26)16-11-15(27-2)6-7-17(16)20-18(19)25/h3,5-7,11-13,24,26H,4,8-10H2,1-2H3,(H,20,25)/b5-3+/t13-,19+/m0/s1. The van der Waals surface area contributed by atoms with Gasteiger partial charge in [-0.05, 0) is 24.6 Å². The predicted octanol–water partition coefficient (Wildman–Crippen LogP) is 1.24. The second-order valence-electron chi connectivity index (χ2n) is 6.58. The van der Waals surface area contributed by atoms with Crippen LogP contribution in [0.1, 0.15) is 24.6 Å². The Bertz CT molecular complexity index is 848. The summed E-state index contributed by atoms with van der Waals surface area (Å²) in [5.41, 5.74) is 0.232. The lowest BCUT2D eigenvalue weighted by atomic mass is 9.83. The molecule has 3 N–H and O–H groups in total. The SMILES string of the molecule is COc1ccc2c(c1)[C@](O)([C@@H](C)/C=C/CCn1cc(CCO)nn1)C(=O)N2. The number of rotatable bonds is 8. The molecule has 1 amide bonds. The summed E-state index contributed by atoms with van der Waals surface area (Å²) in [5, 5.41) is 30.7. The maximum absolute atomic E-state index is 12.4. The molecular formula is C19H24N4O4. The van der Waals surface area contributed by atoms with Crippen LogP contribution < -0.4 is 10.1 Å². The molecule has 8 heteroatoms. The van der Waals surface area contributed by atoms with E-state index in [0.29, 0.717) is 36.4 Å². The fourth-order valence-electron chi connectivity index (χ4n) is 3.19. The van der Waals surface area contributed by atoms with Gasteiger partial charge in [-0.25, -0.2) is 0 Å². The Hall–Kier alpha value is -2.71. The van der Waals surface area contributed by atoms with Crippen LogP contribution in [0.2, 0.25) is 0 Å². The lowest BCUT2D eigenvalue weighted by Crippen LogP contribution is -2.39. The topological polar surface area (TPSA) is 110 Å². The number of hydrogen-bond donors (Lipinski definition) is 3. The maximum atomic E-state index is 12.4. The van der Waals surface area contributed by atoms with Crippen molar-refractivity contribution in [1.29, 1.82) is 0 Å². The lowest BCUT2D eigenvalue weighted by molar-refractivity contribution is -0.137. The van der Waals surface area contributed by atoms with Gasteiger partial charge in [0.25, 0.3) is 5.91 Å². The highest BCUT2D eigenvalue weighted by atomic mass is 16.5. The molecule has 0 saturated carbocycles. The van der Waals surface area contributed by atoms with Crippen molar-refractivity contribution in [1.82, 2.24) is 15.0 Å². The summed E-state index contributed by atoms with van der Waals surface area (Å²) in [4.78, 5) is 12.4. The molecule has 1 aromatic heterocycles. The van der Waals surface area contributed by atoms with Crippen LogP contribution in [0.5, 0.6) is 5.75 Å². The van der Waals surface area contributed by atoms with Gasteiger partial charge in [0.1, 0.15) is 5.75 Å². The summed E-state index contributed by atoms with van der Waals surface area (Å²) in [5.74, 6) is -0.274. The van der Waals surface area contributed by atoms with Gasteiger partial charge >= 0.3 is 0 Å². The summed E-state index contributed by atoms with van der Waals surface area (Å²) in [7, 11) is 1.55. The van der Waals surface area contributed by atoms with Crippen LogP contribution in [0, 0.1) is 5.92 Å². The van der Waals surface area contributed by atoms with Crippen molar-refractivity contribution in [2.24, 2.45) is 5.92 Å². The molecule has 0 aliphatic carbocycles. The molecular weight excluding hydrogens is 348 g/mol. The van der Waals surface area contributed by atoms with Crippen molar-refractivity contribution in [3.05, 3.63) is 47.8 Å². The predicted molar refractivity (Wildman–Crippen MR) is 99.3 cm³/mol. The molecule has 0 spiro atoms. The minimum atomic E-state index is -1.64. The Morgan fingerprint density at radius 1 is 1.44 bits per heavy atom. The Labute approximate surface area is 157 Å². The molecule has 0 bridgehead atoms. The van der Waals surface area contributed by atoms with Crippen LogP contribution in [-0.2, 0) is 23.4 Å². The number of nitrogens with one attached hydrogen (secondary N) is 1. The third kappa shape index (κ3) is 3.72. The Morgan fingerprint density at radius 2 is 2.26 bits per heavy atom. The largest absolute Gasteiger partial charge is 0.497 e. The number of fused-ring (bicyclic) bond motifs is 1. The summed E-state index contributed by atoms with van der Waals surface area (Å²) in [6.07, 6.45) is 6.71. The minimum absolute atomic E-state index is 0.0447. The van der Waals surface area contributed by atoms with E-state index in [9.17, 15) is 9.90 Å². The van der Waals surface area contributed by atoms with Gasteiger partial charge in [-0.1, -0.05) is 24.3 Å². The number of carbonyl (C=O) groups is 1. The zero-order valence-electron chi connectivity index (χ0n) is 15.4. The smallest absolute Gasteiger partial charge is 0.261 e. The number of nitrogens with zero attached hydrogens (tertiary/aromatic N) is 3. The van der Waals surface area contributed by atoms with Gasteiger partial charge < -0.3 is 20.3 Å². The van der Waals surface area contributed by atoms with Crippen molar-refractivity contribution in [2.45, 2.75) is 31.9 Å². The van der Waals surface area contributed by atoms with Crippen LogP contribution in [0.4, 0.5) is 5.69 Å². The molecule has 1 aromatic carbocycles. The van der Waals surface area contributed by atoms with Crippen molar-refractivity contribution in [2.75, 3.05) is 19.0 Å². The number of aliphatic hydroxyl groups excluding tert-OH is 1. The number of benzene rings is 1. The number of hydrogen-bond acceptors (Lipinski definition) is 6. The van der Waals surface area contributed by atoms with Gasteiger partial charge in [0.15, 0.2) is 5.60 Å². The molecule has 2 heterocycles. The molecule has 2 atom stereocenters. The average Bonchev–Trinajstić information content (AvgIpc) is 3.22. The van der Waals surface area contributed by atoms with Gasteiger partial charge in [0, 0.05) is 42.9 Å². The third-order valence-corrected chi connectivity index (χ3v) is 4.79. The van der Waals surface area contributed by atoms with E-state index in [-0.39, 0.29) is 6.61 Å². The van der Waals surface area contributed by atoms with E-state index in [1.807, 2.05) is 12.2 Å². The Balaban J connectivity index is 1.67. The number of carbonyl (C=O) groups excluding carboxylic acids is 1. The number of methoxy groups -OCH3 is 1. The molecule has 27 heavy (non-hydrogen) atoms. The van der Waals surface area contributed by atoms with Gasteiger partial charge in [-0.3, -0.25) is 9.48 Å². The van der Waals surface area contributed by atoms with E-state index in [2.05, 4.69) is 15.6 Å². The fourth-order valence-corrected chi connectivity index (χ4v) is 3.19. The number of amides is 1. The second-order valence-corrected chi connectivity index (χ2v) is 6.58. The summed E-state index contributed by atoms with van der Waals surface area (Å²) < 4.78 is 6.92.